The Morgan fingerprint density at radius 2 is 2.00 bits per heavy atom. The largest absolute Gasteiger partial charge is 0.291 e. The summed E-state index contributed by atoms with van der Waals surface area (Å²) in [4.78, 5) is 20.9. The summed E-state index contributed by atoms with van der Waals surface area (Å²) in [6.45, 7) is 3.29. The molecule has 56 valence electrons. The van der Waals surface area contributed by atoms with Crippen molar-refractivity contribution in [2.45, 2.75) is 26.7 Å². The van der Waals surface area contributed by atoms with Gasteiger partial charge in [-0.1, -0.05) is 19.4 Å². The summed E-state index contributed by atoms with van der Waals surface area (Å²) in [6, 6.07) is 0. The molecule has 0 heterocycles. The van der Waals surface area contributed by atoms with Gasteiger partial charge in [-0.15, -0.1) is 0 Å². The van der Waals surface area contributed by atoms with E-state index in [-0.39, 0.29) is 0 Å². The number of hydrogen-bond acceptors (Lipinski definition) is 2. The highest BCUT2D eigenvalue weighted by atomic mass is 16.2. The Kier molecular flexibility index (Phi) is 4.46. The number of rotatable bonds is 4. The lowest BCUT2D eigenvalue weighted by molar-refractivity contribution is -0.132. The van der Waals surface area contributed by atoms with Gasteiger partial charge in [-0.05, 0) is 12.5 Å². The summed E-state index contributed by atoms with van der Waals surface area (Å²) in [6.07, 6.45) is 4.93. The molecule has 0 radical (unpaired) electrons. The number of Topliss-reactive ketones (excluding diaryl/α,β-unsaturated/α-hetero) is 1. The fourth-order valence-electron chi connectivity index (χ4n) is 0.474. The number of hydrogen-bond donors (Lipinski definition) is 0. The van der Waals surface area contributed by atoms with Gasteiger partial charge in [0.15, 0.2) is 5.78 Å². The van der Waals surface area contributed by atoms with E-state index < -0.39 is 11.6 Å². The molecule has 0 amide bonds. The molecule has 0 aromatic heterocycles. The number of ketones is 2. The number of allylic oxidation sites excluding steroid dienone is 2. The molecule has 0 aromatic rings. The van der Waals surface area contributed by atoms with Crippen LogP contribution in [0.1, 0.15) is 26.7 Å². The van der Waals surface area contributed by atoms with Gasteiger partial charge in [-0.2, -0.15) is 0 Å². The molecular formula is C8H12O2. The van der Waals surface area contributed by atoms with Crippen LogP contribution in [-0.4, -0.2) is 11.6 Å². The first-order valence-electron chi connectivity index (χ1n) is 3.40. The number of unbranched alkanes of at least 4 members (excludes halogenated alkanes) is 1. The second kappa shape index (κ2) is 4.91. The molecule has 0 aromatic carbocycles. The van der Waals surface area contributed by atoms with Crippen molar-refractivity contribution in [3.05, 3.63) is 12.2 Å². The molecule has 0 atom stereocenters. The van der Waals surface area contributed by atoms with Crippen molar-refractivity contribution in [3.8, 4) is 0 Å². The first kappa shape index (κ1) is 9.08. The van der Waals surface area contributed by atoms with Crippen LogP contribution in [0.4, 0.5) is 0 Å². The second-order valence-electron chi connectivity index (χ2n) is 2.11. The van der Waals surface area contributed by atoms with Crippen LogP contribution in [0.5, 0.6) is 0 Å². The molecule has 0 aliphatic heterocycles. The minimum Gasteiger partial charge on any atom is -0.291 e. The van der Waals surface area contributed by atoms with Crippen molar-refractivity contribution in [1.29, 1.82) is 0 Å². The monoisotopic (exact) mass is 140 g/mol. The quantitative estimate of drug-likeness (QED) is 0.438. The van der Waals surface area contributed by atoms with Gasteiger partial charge in [0, 0.05) is 6.92 Å². The highest BCUT2D eigenvalue weighted by Gasteiger charge is 1.99. The zero-order chi connectivity index (χ0) is 7.98. The maximum Gasteiger partial charge on any atom is 0.220 e. The maximum atomic E-state index is 10.6. The van der Waals surface area contributed by atoms with E-state index in [1.807, 2.05) is 6.92 Å². The van der Waals surface area contributed by atoms with Gasteiger partial charge in [-0.25, -0.2) is 0 Å². The Morgan fingerprint density at radius 1 is 1.40 bits per heavy atom. The Hall–Kier alpha value is -0.920. The van der Waals surface area contributed by atoms with E-state index in [0.29, 0.717) is 0 Å². The smallest absolute Gasteiger partial charge is 0.220 e. The molecule has 0 unspecified atom stereocenters. The summed E-state index contributed by atoms with van der Waals surface area (Å²) in [5.74, 6) is -0.805. The van der Waals surface area contributed by atoms with Crippen LogP contribution >= 0.6 is 0 Å². The van der Waals surface area contributed by atoms with Crippen LogP contribution < -0.4 is 0 Å². The van der Waals surface area contributed by atoms with Gasteiger partial charge in [0.25, 0.3) is 0 Å². The predicted octanol–water partition coefficient (Wildman–Crippen LogP) is 1.50. The van der Waals surface area contributed by atoms with E-state index in [1.54, 1.807) is 6.08 Å². The van der Waals surface area contributed by atoms with Crippen molar-refractivity contribution in [2.75, 3.05) is 0 Å². The highest BCUT2D eigenvalue weighted by molar-refractivity contribution is 6.40. The van der Waals surface area contributed by atoms with E-state index in [0.717, 1.165) is 12.8 Å². The molecule has 0 N–H and O–H groups in total. The van der Waals surface area contributed by atoms with Crippen LogP contribution in [0.15, 0.2) is 12.2 Å². The average molecular weight is 140 g/mol. The van der Waals surface area contributed by atoms with Crippen LogP contribution in [-0.2, 0) is 9.59 Å². The molecule has 10 heavy (non-hydrogen) atoms. The van der Waals surface area contributed by atoms with Gasteiger partial charge in [0.2, 0.25) is 5.78 Å². The lowest BCUT2D eigenvalue weighted by Crippen LogP contribution is -2.04. The molecule has 0 spiro atoms. The molecule has 0 saturated heterocycles. The first-order valence-corrected chi connectivity index (χ1v) is 3.40. The summed E-state index contributed by atoms with van der Waals surface area (Å²) >= 11 is 0. The topological polar surface area (TPSA) is 34.1 Å². The molecule has 0 saturated carbocycles. The van der Waals surface area contributed by atoms with E-state index in [1.165, 1.54) is 13.0 Å². The van der Waals surface area contributed by atoms with Crippen LogP contribution in [0.2, 0.25) is 0 Å². The summed E-state index contributed by atoms with van der Waals surface area (Å²) < 4.78 is 0. The number of carbonyl (C=O) groups is 2. The lowest BCUT2D eigenvalue weighted by atomic mass is 10.2. The molecule has 2 nitrogen and oxygen atoms in total. The molecule has 0 aliphatic rings. The Balaban J connectivity index is 3.67. The SMILES string of the molecule is CCC/C=C/C(=O)C(C)=O. The zero-order valence-electron chi connectivity index (χ0n) is 6.39. The van der Waals surface area contributed by atoms with Gasteiger partial charge in [0.1, 0.15) is 0 Å². The van der Waals surface area contributed by atoms with E-state index in [9.17, 15) is 9.59 Å². The minimum atomic E-state index is -0.409. The first-order chi connectivity index (χ1) is 4.68. The third kappa shape index (κ3) is 4.01. The molecule has 0 fully saturated rings. The van der Waals surface area contributed by atoms with Crippen molar-refractivity contribution in [1.82, 2.24) is 0 Å². The summed E-state index contributed by atoms with van der Waals surface area (Å²) in [5, 5.41) is 0. The Morgan fingerprint density at radius 3 is 2.40 bits per heavy atom. The molecule has 0 rings (SSSR count). The standard InChI is InChI=1S/C8H12O2/c1-3-4-5-6-8(10)7(2)9/h5-6H,3-4H2,1-2H3/b6-5+. The van der Waals surface area contributed by atoms with Crippen LogP contribution in [0.25, 0.3) is 0 Å². The van der Waals surface area contributed by atoms with Gasteiger partial charge >= 0.3 is 0 Å². The Labute approximate surface area is 60.9 Å². The van der Waals surface area contributed by atoms with Crippen LogP contribution in [0.3, 0.4) is 0 Å². The average Bonchev–Trinajstić information content (AvgIpc) is 1.88. The maximum absolute atomic E-state index is 10.6. The predicted molar refractivity (Wildman–Crippen MR) is 39.7 cm³/mol. The zero-order valence-corrected chi connectivity index (χ0v) is 6.39. The third-order valence-electron chi connectivity index (χ3n) is 1.07. The Bertz CT molecular complexity index is 157. The van der Waals surface area contributed by atoms with E-state index in [2.05, 4.69) is 0 Å². The van der Waals surface area contributed by atoms with Gasteiger partial charge < -0.3 is 0 Å². The van der Waals surface area contributed by atoms with Crippen LogP contribution in [0, 0.1) is 0 Å². The van der Waals surface area contributed by atoms with Crippen molar-refractivity contribution < 1.29 is 9.59 Å². The van der Waals surface area contributed by atoms with Gasteiger partial charge in [0.05, 0.1) is 0 Å². The second-order valence-corrected chi connectivity index (χ2v) is 2.11. The summed E-state index contributed by atoms with van der Waals surface area (Å²) in [7, 11) is 0. The number of carbonyl (C=O) groups excluding carboxylic acids is 2. The fourth-order valence-corrected chi connectivity index (χ4v) is 0.474. The van der Waals surface area contributed by atoms with Gasteiger partial charge in [-0.3, -0.25) is 9.59 Å². The lowest BCUT2D eigenvalue weighted by Gasteiger charge is -1.83. The van der Waals surface area contributed by atoms with Crippen molar-refractivity contribution in [3.63, 3.8) is 0 Å². The molecule has 0 bridgehead atoms. The molecule has 0 aliphatic carbocycles. The highest BCUT2D eigenvalue weighted by Crippen LogP contribution is 1.88. The molecule has 2 heteroatoms. The minimum absolute atomic E-state index is 0.396. The van der Waals surface area contributed by atoms with E-state index >= 15 is 0 Å². The molecular weight excluding hydrogens is 128 g/mol. The van der Waals surface area contributed by atoms with Crippen molar-refractivity contribution >= 4 is 11.6 Å². The summed E-state index contributed by atoms with van der Waals surface area (Å²) in [5.41, 5.74) is 0. The van der Waals surface area contributed by atoms with E-state index in [4.69, 9.17) is 0 Å². The normalized spacial score (nSPS) is 10.2. The third-order valence-corrected chi connectivity index (χ3v) is 1.07. The van der Waals surface area contributed by atoms with Crippen molar-refractivity contribution in [2.24, 2.45) is 0 Å². The fraction of sp³-hybridized carbons (Fsp3) is 0.500.